The maximum atomic E-state index is 7.15. The fraction of sp³-hybridized carbons (Fsp3) is 0.286. The van der Waals surface area contributed by atoms with Crippen LogP contribution in [0.2, 0.25) is 0 Å². The first kappa shape index (κ1) is 10.6. The van der Waals surface area contributed by atoms with Crippen molar-refractivity contribution >= 4 is 16.5 Å². The smallest absolute Gasteiger partial charge is 0.196 e. The quantitative estimate of drug-likeness (QED) is 0.599. The van der Waals surface area contributed by atoms with Crippen molar-refractivity contribution in [3.63, 3.8) is 0 Å². The zero-order valence-electron chi connectivity index (χ0n) is 9.78. The molecule has 0 spiro atoms. The van der Waals surface area contributed by atoms with Gasteiger partial charge in [0.15, 0.2) is 5.69 Å². The average molecular weight is 210 g/mol. The number of aromatic nitrogens is 1. The summed E-state index contributed by atoms with van der Waals surface area (Å²) in [5, 5.41) is 2.08. The number of benzene rings is 1. The largest absolute Gasteiger partial charge is 0.265 e. The lowest BCUT2D eigenvalue weighted by atomic mass is 9.84. The Hall–Kier alpha value is -1.88. The van der Waals surface area contributed by atoms with E-state index in [4.69, 9.17) is 6.57 Å². The number of fused-ring (bicyclic) bond motifs is 1. The number of pyridine rings is 1. The van der Waals surface area contributed by atoms with Gasteiger partial charge in [-0.1, -0.05) is 32.9 Å². The van der Waals surface area contributed by atoms with Crippen LogP contribution >= 0.6 is 0 Å². The summed E-state index contributed by atoms with van der Waals surface area (Å²) in [4.78, 5) is 7.63. The molecular weight excluding hydrogens is 196 g/mol. The minimum absolute atomic E-state index is 0.0835. The van der Waals surface area contributed by atoms with E-state index in [9.17, 15) is 0 Å². The summed E-state index contributed by atoms with van der Waals surface area (Å²) < 4.78 is 0. The van der Waals surface area contributed by atoms with Gasteiger partial charge < -0.3 is 0 Å². The molecule has 2 nitrogen and oxygen atoms in total. The molecule has 0 atom stereocenters. The first-order valence-electron chi connectivity index (χ1n) is 5.28. The van der Waals surface area contributed by atoms with Gasteiger partial charge in [0, 0.05) is 17.8 Å². The van der Waals surface area contributed by atoms with Crippen molar-refractivity contribution in [2.75, 3.05) is 0 Å². The molecule has 0 aliphatic carbocycles. The minimum atomic E-state index is 0.0835. The Bertz CT molecular complexity index is 571. The second-order valence-electron chi connectivity index (χ2n) is 4.92. The topological polar surface area (TPSA) is 17.2 Å². The maximum absolute atomic E-state index is 7.15. The van der Waals surface area contributed by atoms with Gasteiger partial charge in [-0.05, 0) is 22.4 Å². The van der Waals surface area contributed by atoms with E-state index in [1.54, 1.807) is 12.4 Å². The molecule has 80 valence electrons. The van der Waals surface area contributed by atoms with Crippen molar-refractivity contribution in [3.05, 3.63) is 47.6 Å². The Morgan fingerprint density at radius 3 is 2.50 bits per heavy atom. The third-order valence-corrected chi connectivity index (χ3v) is 2.72. The molecule has 2 aromatic rings. The first-order chi connectivity index (χ1) is 7.54. The molecule has 0 amide bonds. The second kappa shape index (κ2) is 3.61. The van der Waals surface area contributed by atoms with E-state index in [1.165, 1.54) is 5.56 Å². The Morgan fingerprint density at radius 2 is 1.88 bits per heavy atom. The van der Waals surface area contributed by atoms with E-state index < -0.39 is 0 Å². The van der Waals surface area contributed by atoms with Gasteiger partial charge in [-0.25, -0.2) is 4.85 Å². The zero-order chi connectivity index (χ0) is 11.8. The van der Waals surface area contributed by atoms with Gasteiger partial charge in [0.05, 0.1) is 6.57 Å². The van der Waals surface area contributed by atoms with E-state index in [0.29, 0.717) is 5.69 Å². The fourth-order valence-electron chi connectivity index (χ4n) is 1.93. The third-order valence-electron chi connectivity index (χ3n) is 2.72. The molecule has 0 aliphatic rings. The van der Waals surface area contributed by atoms with E-state index in [1.807, 2.05) is 12.1 Å². The Kier molecular flexibility index (Phi) is 2.40. The minimum Gasteiger partial charge on any atom is -0.265 e. The van der Waals surface area contributed by atoms with Crippen molar-refractivity contribution in [1.82, 2.24) is 4.98 Å². The van der Waals surface area contributed by atoms with E-state index in [-0.39, 0.29) is 5.41 Å². The molecule has 1 aromatic heterocycles. The van der Waals surface area contributed by atoms with Crippen LogP contribution in [-0.2, 0) is 5.41 Å². The standard InChI is InChI=1S/C14H14N2/c1-14(2,3)12-5-6-13(15-4)11-9-16-8-7-10(11)12/h5-9H,1-3H3. The van der Waals surface area contributed by atoms with E-state index in [2.05, 4.69) is 36.7 Å². The van der Waals surface area contributed by atoms with Crippen LogP contribution in [0, 0.1) is 6.57 Å². The maximum Gasteiger partial charge on any atom is 0.196 e. The van der Waals surface area contributed by atoms with E-state index in [0.717, 1.165) is 10.8 Å². The Balaban J connectivity index is 2.87. The molecule has 0 aliphatic heterocycles. The molecule has 0 fully saturated rings. The van der Waals surface area contributed by atoms with Gasteiger partial charge in [0.2, 0.25) is 0 Å². The highest BCUT2D eigenvalue weighted by Gasteiger charge is 2.17. The predicted molar refractivity (Wildman–Crippen MR) is 66.7 cm³/mol. The average Bonchev–Trinajstić information content (AvgIpc) is 2.26. The summed E-state index contributed by atoms with van der Waals surface area (Å²) in [6, 6.07) is 5.93. The Morgan fingerprint density at radius 1 is 1.12 bits per heavy atom. The summed E-state index contributed by atoms with van der Waals surface area (Å²) in [5.41, 5.74) is 2.02. The highest BCUT2D eigenvalue weighted by molar-refractivity contribution is 5.96. The summed E-state index contributed by atoms with van der Waals surface area (Å²) in [6.07, 6.45) is 3.56. The molecule has 16 heavy (non-hydrogen) atoms. The third kappa shape index (κ3) is 1.65. The molecule has 1 heterocycles. The highest BCUT2D eigenvalue weighted by atomic mass is 14.7. The molecule has 1 aromatic carbocycles. The number of nitrogens with zero attached hydrogens (tertiary/aromatic N) is 2. The van der Waals surface area contributed by atoms with Gasteiger partial charge in [-0.2, -0.15) is 0 Å². The van der Waals surface area contributed by atoms with Gasteiger partial charge in [0.1, 0.15) is 0 Å². The summed E-state index contributed by atoms with van der Waals surface area (Å²) in [7, 11) is 0. The van der Waals surface area contributed by atoms with Crippen LogP contribution in [0.15, 0.2) is 30.6 Å². The fourth-order valence-corrected chi connectivity index (χ4v) is 1.93. The molecule has 0 unspecified atom stereocenters. The molecule has 0 radical (unpaired) electrons. The lowest BCUT2D eigenvalue weighted by Gasteiger charge is -2.21. The summed E-state index contributed by atoms with van der Waals surface area (Å²) in [6.45, 7) is 13.7. The number of hydrogen-bond donors (Lipinski definition) is 0. The van der Waals surface area contributed by atoms with Crippen LogP contribution in [0.3, 0.4) is 0 Å². The van der Waals surface area contributed by atoms with Gasteiger partial charge in [0.25, 0.3) is 0 Å². The number of hydrogen-bond acceptors (Lipinski definition) is 1. The lowest BCUT2D eigenvalue weighted by molar-refractivity contribution is 0.596. The monoisotopic (exact) mass is 210 g/mol. The summed E-state index contributed by atoms with van der Waals surface area (Å²) in [5.74, 6) is 0. The molecule has 0 saturated heterocycles. The van der Waals surface area contributed by atoms with Crippen LogP contribution in [0.25, 0.3) is 15.6 Å². The molecule has 2 heteroatoms. The molecule has 0 saturated carbocycles. The van der Waals surface area contributed by atoms with Crippen molar-refractivity contribution in [3.8, 4) is 0 Å². The van der Waals surface area contributed by atoms with Crippen LogP contribution < -0.4 is 0 Å². The van der Waals surface area contributed by atoms with Gasteiger partial charge >= 0.3 is 0 Å². The van der Waals surface area contributed by atoms with Crippen molar-refractivity contribution < 1.29 is 0 Å². The normalized spacial score (nSPS) is 11.4. The second-order valence-corrected chi connectivity index (χ2v) is 4.92. The summed E-state index contributed by atoms with van der Waals surface area (Å²) >= 11 is 0. The first-order valence-corrected chi connectivity index (χ1v) is 5.28. The molecule has 0 N–H and O–H groups in total. The highest BCUT2D eigenvalue weighted by Crippen LogP contribution is 2.34. The van der Waals surface area contributed by atoms with Crippen LogP contribution in [0.4, 0.5) is 5.69 Å². The van der Waals surface area contributed by atoms with Crippen molar-refractivity contribution in [2.45, 2.75) is 26.2 Å². The number of rotatable bonds is 0. The SMILES string of the molecule is [C-]#[N+]c1ccc(C(C)(C)C)c2ccncc12. The Labute approximate surface area is 95.8 Å². The molecular formula is C14H14N2. The van der Waals surface area contributed by atoms with Crippen molar-refractivity contribution in [1.29, 1.82) is 0 Å². The van der Waals surface area contributed by atoms with Gasteiger partial charge in [-0.3, -0.25) is 4.98 Å². The van der Waals surface area contributed by atoms with E-state index >= 15 is 0 Å². The lowest BCUT2D eigenvalue weighted by Crippen LogP contribution is -2.11. The van der Waals surface area contributed by atoms with Gasteiger partial charge in [-0.15, -0.1) is 0 Å². The predicted octanol–water partition coefficient (Wildman–Crippen LogP) is 4.08. The van der Waals surface area contributed by atoms with Crippen LogP contribution in [0.1, 0.15) is 26.3 Å². The molecule has 2 rings (SSSR count). The van der Waals surface area contributed by atoms with Crippen molar-refractivity contribution in [2.24, 2.45) is 0 Å². The molecule has 0 bridgehead atoms. The zero-order valence-corrected chi connectivity index (χ0v) is 9.78. The van der Waals surface area contributed by atoms with Crippen LogP contribution in [-0.4, -0.2) is 4.98 Å². The van der Waals surface area contributed by atoms with Crippen LogP contribution in [0.5, 0.6) is 0 Å².